The average molecular weight is 396 g/mol. The maximum absolute atomic E-state index is 13.3. The molecule has 2 aliphatic heterocycles. The zero-order valence-electron chi connectivity index (χ0n) is 16.8. The van der Waals surface area contributed by atoms with Crippen LogP contribution in [0.3, 0.4) is 0 Å². The van der Waals surface area contributed by atoms with Crippen LogP contribution in [0.1, 0.15) is 5.56 Å². The molecule has 0 aromatic heterocycles. The molecule has 1 fully saturated rings. The molecule has 2 heterocycles. The van der Waals surface area contributed by atoms with Crippen LogP contribution in [-0.2, 0) is 4.79 Å². The first-order valence-electron chi connectivity index (χ1n) is 10.4. The molecule has 5 nitrogen and oxygen atoms in total. The summed E-state index contributed by atoms with van der Waals surface area (Å²) in [7, 11) is 0. The highest BCUT2D eigenvalue weighted by molar-refractivity contribution is 6.54. The van der Waals surface area contributed by atoms with E-state index in [1.165, 1.54) is 5.69 Å². The summed E-state index contributed by atoms with van der Waals surface area (Å²) in [6, 6.07) is 28.1. The standard InChI is InChI=1S/C25H24N4O/c30-25-24(26-20-9-3-1-4-10-20)22-13-7-8-14-23(22)29(25)19-27-15-17-28(18-16-27)21-11-5-2-6-12-21/h1-14H,15-19H2. The Morgan fingerprint density at radius 2 is 1.37 bits per heavy atom. The number of rotatable bonds is 4. The molecule has 0 radical (unpaired) electrons. The zero-order valence-corrected chi connectivity index (χ0v) is 16.8. The minimum absolute atomic E-state index is 0.0226. The molecule has 0 aliphatic carbocycles. The molecule has 0 bridgehead atoms. The van der Waals surface area contributed by atoms with Gasteiger partial charge in [-0.25, -0.2) is 4.99 Å². The Morgan fingerprint density at radius 1 is 0.733 bits per heavy atom. The Balaban J connectivity index is 1.33. The quantitative estimate of drug-likeness (QED) is 0.671. The number of anilines is 2. The minimum atomic E-state index is -0.0226. The molecule has 150 valence electrons. The molecule has 3 aromatic carbocycles. The summed E-state index contributed by atoms with van der Waals surface area (Å²) < 4.78 is 0. The number of hydrogen-bond acceptors (Lipinski definition) is 4. The highest BCUT2D eigenvalue weighted by Crippen LogP contribution is 2.31. The van der Waals surface area contributed by atoms with Crippen LogP contribution in [0.15, 0.2) is 89.9 Å². The third-order valence-electron chi connectivity index (χ3n) is 5.73. The van der Waals surface area contributed by atoms with Crippen LogP contribution >= 0.6 is 0 Å². The van der Waals surface area contributed by atoms with Crippen LogP contribution in [-0.4, -0.2) is 49.4 Å². The Hall–Kier alpha value is -3.44. The summed E-state index contributed by atoms with van der Waals surface area (Å²) in [5.74, 6) is -0.0226. The van der Waals surface area contributed by atoms with Gasteiger partial charge in [0, 0.05) is 37.4 Å². The van der Waals surface area contributed by atoms with E-state index in [4.69, 9.17) is 0 Å². The first-order chi connectivity index (χ1) is 14.8. The van der Waals surface area contributed by atoms with Crippen LogP contribution in [0, 0.1) is 0 Å². The Bertz CT molecular complexity index is 1060. The van der Waals surface area contributed by atoms with Gasteiger partial charge in [-0.2, -0.15) is 0 Å². The number of hydrogen-bond donors (Lipinski definition) is 0. The van der Waals surface area contributed by atoms with Gasteiger partial charge in [0.25, 0.3) is 5.91 Å². The number of nitrogens with zero attached hydrogens (tertiary/aromatic N) is 4. The van der Waals surface area contributed by atoms with E-state index in [0.29, 0.717) is 12.4 Å². The Morgan fingerprint density at radius 3 is 2.10 bits per heavy atom. The van der Waals surface area contributed by atoms with Gasteiger partial charge in [0.1, 0.15) is 5.71 Å². The van der Waals surface area contributed by atoms with E-state index in [-0.39, 0.29) is 5.91 Å². The smallest absolute Gasteiger partial charge is 0.278 e. The number of amides is 1. The minimum Gasteiger partial charge on any atom is -0.369 e. The maximum Gasteiger partial charge on any atom is 0.278 e. The van der Waals surface area contributed by atoms with E-state index in [1.54, 1.807) is 0 Å². The molecule has 0 saturated carbocycles. The second-order valence-electron chi connectivity index (χ2n) is 7.63. The lowest BCUT2D eigenvalue weighted by Gasteiger charge is -2.37. The van der Waals surface area contributed by atoms with E-state index >= 15 is 0 Å². The van der Waals surface area contributed by atoms with Gasteiger partial charge in [-0.1, -0.05) is 54.6 Å². The van der Waals surface area contributed by atoms with Crippen molar-refractivity contribution >= 4 is 28.7 Å². The van der Waals surface area contributed by atoms with E-state index in [9.17, 15) is 4.79 Å². The van der Waals surface area contributed by atoms with Gasteiger partial charge in [0.05, 0.1) is 18.0 Å². The maximum atomic E-state index is 13.3. The molecular weight excluding hydrogens is 372 g/mol. The van der Waals surface area contributed by atoms with Crippen molar-refractivity contribution in [3.05, 3.63) is 90.5 Å². The predicted octanol–water partition coefficient (Wildman–Crippen LogP) is 3.93. The SMILES string of the molecule is O=C1C(=Nc2ccccc2)c2ccccc2N1CN1CCN(c2ccccc2)CC1. The summed E-state index contributed by atoms with van der Waals surface area (Å²) >= 11 is 0. The van der Waals surface area contributed by atoms with Crippen LogP contribution in [0.25, 0.3) is 0 Å². The Kier molecular flexibility index (Phi) is 5.03. The molecule has 1 saturated heterocycles. The summed E-state index contributed by atoms with van der Waals surface area (Å²) in [5.41, 5.74) is 4.45. The van der Waals surface area contributed by atoms with Crippen molar-refractivity contribution in [1.29, 1.82) is 0 Å². The van der Waals surface area contributed by atoms with Crippen molar-refractivity contribution in [1.82, 2.24) is 4.90 Å². The largest absolute Gasteiger partial charge is 0.369 e. The number of fused-ring (bicyclic) bond motifs is 1. The third-order valence-corrected chi connectivity index (χ3v) is 5.73. The number of benzene rings is 3. The normalized spacial score (nSPS) is 18.1. The van der Waals surface area contributed by atoms with Crippen LogP contribution < -0.4 is 9.80 Å². The van der Waals surface area contributed by atoms with Crippen molar-refractivity contribution in [3.63, 3.8) is 0 Å². The molecule has 30 heavy (non-hydrogen) atoms. The fourth-order valence-electron chi connectivity index (χ4n) is 4.13. The summed E-state index contributed by atoms with van der Waals surface area (Å²) in [5, 5.41) is 0. The van der Waals surface area contributed by atoms with Gasteiger partial charge >= 0.3 is 0 Å². The van der Waals surface area contributed by atoms with E-state index in [1.807, 2.05) is 65.6 Å². The molecule has 0 spiro atoms. The first-order valence-corrected chi connectivity index (χ1v) is 10.4. The summed E-state index contributed by atoms with van der Waals surface area (Å²) in [6.07, 6.45) is 0. The molecule has 0 unspecified atom stereocenters. The monoisotopic (exact) mass is 396 g/mol. The number of carbonyl (C=O) groups excluding carboxylic acids is 1. The van der Waals surface area contributed by atoms with Gasteiger partial charge in [-0.05, 0) is 30.3 Å². The number of carbonyl (C=O) groups is 1. The van der Waals surface area contributed by atoms with Crippen molar-refractivity contribution < 1.29 is 4.79 Å². The lowest BCUT2D eigenvalue weighted by atomic mass is 10.1. The fourth-order valence-corrected chi connectivity index (χ4v) is 4.13. The third kappa shape index (κ3) is 3.60. The van der Waals surface area contributed by atoms with Gasteiger partial charge in [-0.15, -0.1) is 0 Å². The molecule has 3 aromatic rings. The van der Waals surface area contributed by atoms with Gasteiger partial charge < -0.3 is 4.90 Å². The van der Waals surface area contributed by atoms with Crippen LogP contribution in [0.2, 0.25) is 0 Å². The van der Waals surface area contributed by atoms with E-state index in [2.05, 4.69) is 39.1 Å². The summed E-state index contributed by atoms with van der Waals surface area (Å²) in [6.45, 7) is 4.35. The number of piperazine rings is 1. The van der Waals surface area contributed by atoms with E-state index in [0.717, 1.165) is 43.1 Å². The molecule has 5 heteroatoms. The lowest BCUT2D eigenvalue weighted by molar-refractivity contribution is -0.112. The van der Waals surface area contributed by atoms with Crippen LogP contribution in [0.5, 0.6) is 0 Å². The van der Waals surface area contributed by atoms with Crippen molar-refractivity contribution in [2.24, 2.45) is 4.99 Å². The second kappa shape index (κ2) is 8.13. The van der Waals surface area contributed by atoms with Gasteiger partial charge in [-0.3, -0.25) is 14.6 Å². The lowest BCUT2D eigenvalue weighted by Crippen LogP contribution is -2.51. The summed E-state index contributed by atoms with van der Waals surface area (Å²) in [4.78, 5) is 24.6. The predicted molar refractivity (Wildman–Crippen MR) is 122 cm³/mol. The second-order valence-corrected chi connectivity index (χ2v) is 7.63. The van der Waals surface area contributed by atoms with E-state index < -0.39 is 0 Å². The van der Waals surface area contributed by atoms with Crippen molar-refractivity contribution in [2.75, 3.05) is 42.6 Å². The molecule has 2 aliphatic rings. The first kappa shape index (κ1) is 18.6. The average Bonchev–Trinajstić information content (AvgIpc) is 3.07. The van der Waals surface area contributed by atoms with Gasteiger partial charge in [0.15, 0.2) is 0 Å². The zero-order chi connectivity index (χ0) is 20.3. The molecular formula is C25H24N4O. The molecule has 1 amide bonds. The highest BCUT2D eigenvalue weighted by atomic mass is 16.2. The van der Waals surface area contributed by atoms with Crippen LogP contribution in [0.4, 0.5) is 17.1 Å². The number of aliphatic imine (C=N–C) groups is 1. The van der Waals surface area contributed by atoms with Crippen molar-refractivity contribution in [3.8, 4) is 0 Å². The Labute approximate surface area is 176 Å². The highest BCUT2D eigenvalue weighted by Gasteiger charge is 2.35. The molecule has 5 rings (SSSR count). The fraction of sp³-hybridized carbons (Fsp3) is 0.200. The van der Waals surface area contributed by atoms with Gasteiger partial charge in [0.2, 0.25) is 0 Å². The topological polar surface area (TPSA) is 39.2 Å². The number of para-hydroxylation sites is 3. The molecule has 0 N–H and O–H groups in total. The molecule has 0 atom stereocenters. The van der Waals surface area contributed by atoms with Crippen molar-refractivity contribution in [2.45, 2.75) is 0 Å².